The molecule has 4 rings (SSSR count). The van der Waals surface area contributed by atoms with Gasteiger partial charge in [0, 0.05) is 6.54 Å². The third-order valence-electron chi connectivity index (χ3n) is 5.69. The lowest BCUT2D eigenvalue weighted by Gasteiger charge is -2.23. The number of aliphatic hydroxyl groups is 1. The first-order valence-electron chi connectivity index (χ1n) is 10.7. The Morgan fingerprint density at radius 3 is 2.42 bits per heavy atom. The highest BCUT2D eigenvalue weighted by molar-refractivity contribution is 5.94. The van der Waals surface area contributed by atoms with Crippen LogP contribution in [0.2, 0.25) is 0 Å². The van der Waals surface area contributed by atoms with Crippen molar-refractivity contribution in [2.75, 3.05) is 0 Å². The topological polar surface area (TPSA) is 110 Å². The number of aromatic nitrogens is 2. The van der Waals surface area contributed by atoms with Gasteiger partial charge in [0.05, 0.1) is 18.1 Å². The van der Waals surface area contributed by atoms with Crippen LogP contribution in [0.25, 0.3) is 10.8 Å². The van der Waals surface area contributed by atoms with Crippen LogP contribution in [0.15, 0.2) is 79.1 Å². The maximum absolute atomic E-state index is 13.2. The Morgan fingerprint density at radius 2 is 1.70 bits per heavy atom. The van der Waals surface area contributed by atoms with Crippen LogP contribution in [0.3, 0.4) is 0 Å². The van der Waals surface area contributed by atoms with Crippen LogP contribution in [0.5, 0.6) is 0 Å². The maximum Gasteiger partial charge on any atom is 0.270 e. The Labute approximate surface area is 191 Å². The van der Waals surface area contributed by atoms with Crippen LogP contribution in [0.1, 0.15) is 27.3 Å². The molecular formula is C26H26N4O3. The fourth-order valence-corrected chi connectivity index (χ4v) is 3.98. The van der Waals surface area contributed by atoms with Gasteiger partial charge < -0.3 is 20.7 Å². The van der Waals surface area contributed by atoms with Gasteiger partial charge in [-0.15, -0.1) is 0 Å². The Kier molecular flexibility index (Phi) is 6.51. The second-order valence-electron chi connectivity index (χ2n) is 8.10. The predicted molar refractivity (Wildman–Crippen MR) is 127 cm³/mol. The number of hydrogen-bond acceptors (Lipinski definition) is 4. The molecule has 4 aromatic rings. The molecule has 2 amide bonds. The summed E-state index contributed by atoms with van der Waals surface area (Å²) in [5.41, 5.74) is 8.15. The predicted octanol–water partition coefficient (Wildman–Crippen LogP) is 2.58. The number of nitrogens with two attached hydrogens (primary N) is 1. The average Bonchev–Trinajstić information content (AvgIpc) is 3.18. The fourth-order valence-electron chi connectivity index (χ4n) is 3.98. The lowest BCUT2D eigenvalue weighted by atomic mass is 10.0. The molecule has 7 heteroatoms. The van der Waals surface area contributed by atoms with Crippen LogP contribution < -0.4 is 11.1 Å². The number of fused-ring (bicyclic) bond motifs is 1. The maximum atomic E-state index is 13.2. The third kappa shape index (κ3) is 5.10. The first-order valence-corrected chi connectivity index (χ1v) is 10.7. The monoisotopic (exact) mass is 442 g/mol. The zero-order chi connectivity index (χ0) is 23.4. The van der Waals surface area contributed by atoms with E-state index < -0.39 is 24.0 Å². The van der Waals surface area contributed by atoms with E-state index in [2.05, 4.69) is 22.4 Å². The minimum Gasteiger partial charge on any atom is -0.381 e. The standard InChI is InChI=1S/C26H26N4O3/c1-17-23(26(33)29-22(24(31)25(27)32)14-18-7-3-2-4-8-18)30(16-28-17)15-19-11-12-20-9-5-6-10-21(20)13-19/h2-13,16,22,24,31H,14-15H2,1H3,(H2,27,32)(H,29,33). The summed E-state index contributed by atoms with van der Waals surface area (Å²) in [5.74, 6) is -1.32. The molecule has 0 aliphatic heterocycles. The third-order valence-corrected chi connectivity index (χ3v) is 5.69. The zero-order valence-electron chi connectivity index (χ0n) is 18.3. The Morgan fingerprint density at radius 1 is 1.00 bits per heavy atom. The number of amides is 2. The molecule has 0 aliphatic carbocycles. The van der Waals surface area contributed by atoms with E-state index in [1.54, 1.807) is 17.8 Å². The van der Waals surface area contributed by atoms with Crippen molar-refractivity contribution < 1.29 is 14.7 Å². The molecular weight excluding hydrogens is 416 g/mol. The molecule has 2 unspecified atom stereocenters. The SMILES string of the molecule is Cc1ncn(Cc2ccc3ccccc3c2)c1C(=O)NC(Cc1ccccc1)C(O)C(N)=O. The lowest BCUT2D eigenvalue weighted by Crippen LogP contribution is -2.50. The van der Waals surface area contributed by atoms with E-state index in [1.165, 1.54) is 0 Å². The normalized spacial score (nSPS) is 12.9. The zero-order valence-corrected chi connectivity index (χ0v) is 18.3. The molecule has 0 fully saturated rings. The van der Waals surface area contributed by atoms with Gasteiger partial charge in [-0.25, -0.2) is 4.98 Å². The molecule has 3 aromatic carbocycles. The molecule has 1 aromatic heterocycles. The van der Waals surface area contributed by atoms with Crippen LogP contribution in [0, 0.1) is 6.92 Å². The van der Waals surface area contributed by atoms with Gasteiger partial charge in [-0.3, -0.25) is 9.59 Å². The van der Waals surface area contributed by atoms with Crippen molar-refractivity contribution >= 4 is 22.6 Å². The van der Waals surface area contributed by atoms with Crippen molar-refractivity contribution in [3.63, 3.8) is 0 Å². The Bertz CT molecular complexity index is 1280. The first kappa shape index (κ1) is 22.2. The van der Waals surface area contributed by atoms with Gasteiger partial charge in [0.1, 0.15) is 5.69 Å². The van der Waals surface area contributed by atoms with Crippen molar-refractivity contribution in [2.45, 2.75) is 32.0 Å². The first-order chi connectivity index (χ1) is 15.9. The Hall–Kier alpha value is -3.97. The molecule has 33 heavy (non-hydrogen) atoms. The van der Waals surface area contributed by atoms with E-state index in [4.69, 9.17) is 5.73 Å². The molecule has 2 atom stereocenters. The molecule has 0 saturated heterocycles. The molecule has 7 nitrogen and oxygen atoms in total. The number of nitrogens with zero attached hydrogens (tertiary/aromatic N) is 2. The van der Waals surface area contributed by atoms with Crippen LogP contribution in [-0.2, 0) is 17.8 Å². The van der Waals surface area contributed by atoms with E-state index in [1.807, 2.05) is 60.7 Å². The van der Waals surface area contributed by atoms with Gasteiger partial charge in [0.25, 0.3) is 5.91 Å². The number of primary amides is 1. The van der Waals surface area contributed by atoms with Crippen LogP contribution in [0.4, 0.5) is 0 Å². The van der Waals surface area contributed by atoms with Gasteiger partial charge in [0.15, 0.2) is 6.10 Å². The lowest BCUT2D eigenvalue weighted by molar-refractivity contribution is -0.127. The largest absolute Gasteiger partial charge is 0.381 e. The summed E-state index contributed by atoms with van der Waals surface area (Å²) in [5, 5.41) is 15.4. The van der Waals surface area contributed by atoms with E-state index in [0.29, 0.717) is 17.9 Å². The summed E-state index contributed by atoms with van der Waals surface area (Å²) in [6.07, 6.45) is 0.358. The van der Waals surface area contributed by atoms with E-state index in [9.17, 15) is 14.7 Å². The number of carbonyl (C=O) groups excluding carboxylic acids is 2. The minimum absolute atomic E-state index is 0.258. The minimum atomic E-state index is -1.52. The molecule has 0 aliphatic rings. The number of rotatable bonds is 8. The smallest absolute Gasteiger partial charge is 0.270 e. The summed E-state index contributed by atoms with van der Waals surface area (Å²) in [6.45, 7) is 2.21. The van der Waals surface area contributed by atoms with Crippen molar-refractivity contribution in [3.05, 3.63) is 102 Å². The molecule has 0 bridgehead atoms. The second-order valence-corrected chi connectivity index (χ2v) is 8.10. The fraction of sp³-hybridized carbons (Fsp3) is 0.192. The van der Waals surface area contributed by atoms with Gasteiger partial charge in [-0.2, -0.15) is 0 Å². The average molecular weight is 443 g/mol. The van der Waals surface area contributed by atoms with E-state index >= 15 is 0 Å². The molecule has 1 heterocycles. The summed E-state index contributed by atoms with van der Waals surface area (Å²) < 4.78 is 1.77. The molecule has 0 radical (unpaired) electrons. The number of nitrogens with one attached hydrogen (secondary N) is 1. The quantitative estimate of drug-likeness (QED) is 0.390. The second kappa shape index (κ2) is 9.67. The van der Waals surface area contributed by atoms with Gasteiger partial charge in [-0.1, -0.05) is 66.7 Å². The highest BCUT2D eigenvalue weighted by atomic mass is 16.3. The van der Waals surface area contributed by atoms with E-state index in [0.717, 1.165) is 21.9 Å². The van der Waals surface area contributed by atoms with Crippen molar-refractivity contribution in [1.29, 1.82) is 0 Å². The van der Waals surface area contributed by atoms with Gasteiger partial charge in [-0.05, 0) is 41.3 Å². The summed E-state index contributed by atoms with van der Waals surface area (Å²) in [7, 11) is 0. The number of benzene rings is 3. The van der Waals surface area contributed by atoms with Crippen molar-refractivity contribution in [1.82, 2.24) is 14.9 Å². The van der Waals surface area contributed by atoms with Crippen molar-refractivity contribution in [2.24, 2.45) is 5.73 Å². The van der Waals surface area contributed by atoms with Crippen molar-refractivity contribution in [3.8, 4) is 0 Å². The number of imidazole rings is 1. The number of carbonyl (C=O) groups is 2. The Balaban J connectivity index is 1.57. The highest BCUT2D eigenvalue weighted by Gasteiger charge is 2.28. The molecule has 168 valence electrons. The van der Waals surface area contributed by atoms with Crippen LogP contribution in [-0.4, -0.2) is 38.6 Å². The van der Waals surface area contributed by atoms with E-state index in [-0.39, 0.29) is 6.42 Å². The van der Waals surface area contributed by atoms with Gasteiger partial charge in [0.2, 0.25) is 5.91 Å². The summed E-state index contributed by atoms with van der Waals surface area (Å²) in [4.78, 5) is 29.2. The van der Waals surface area contributed by atoms with Gasteiger partial charge >= 0.3 is 0 Å². The molecule has 4 N–H and O–H groups in total. The number of hydrogen-bond donors (Lipinski definition) is 3. The highest BCUT2D eigenvalue weighted by Crippen LogP contribution is 2.18. The number of aryl methyl sites for hydroxylation is 1. The summed E-state index contributed by atoms with van der Waals surface area (Å²) >= 11 is 0. The van der Waals surface area contributed by atoms with Crippen LogP contribution >= 0.6 is 0 Å². The molecule has 0 spiro atoms. The molecule has 0 saturated carbocycles. The number of aliphatic hydroxyl groups excluding tert-OH is 1. The summed E-state index contributed by atoms with van der Waals surface area (Å²) in [6, 6.07) is 22.7.